The van der Waals surface area contributed by atoms with Crippen LogP contribution in [0, 0.1) is 5.82 Å². The zero-order valence-corrected chi connectivity index (χ0v) is 18.3. The number of aromatic nitrogens is 6. The molecule has 4 aromatic rings. The highest BCUT2D eigenvalue weighted by atomic mass is 35.5. The Hall–Kier alpha value is -3.63. The van der Waals surface area contributed by atoms with E-state index in [4.69, 9.17) is 11.6 Å². The summed E-state index contributed by atoms with van der Waals surface area (Å²) in [6.45, 7) is 3.28. The van der Waals surface area contributed by atoms with Gasteiger partial charge >= 0.3 is 0 Å². The van der Waals surface area contributed by atoms with Crippen molar-refractivity contribution < 1.29 is 4.39 Å². The molecule has 1 aliphatic rings. The summed E-state index contributed by atoms with van der Waals surface area (Å²) in [6.07, 6.45) is 1.64. The minimum atomic E-state index is -0.345. The van der Waals surface area contributed by atoms with Crippen LogP contribution in [0.5, 0.6) is 0 Å². The predicted octanol–water partition coefficient (Wildman–Crippen LogP) is 2.46. The van der Waals surface area contributed by atoms with Crippen molar-refractivity contribution in [3.8, 4) is 17.1 Å². The summed E-state index contributed by atoms with van der Waals surface area (Å²) in [7, 11) is 0. The first kappa shape index (κ1) is 21.2. The highest BCUT2D eigenvalue weighted by molar-refractivity contribution is 6.33. The number of hydrogen-bond acceptors (Lipinski definition) is 7. The fraction of sp³-hybridized carbons (Fsp3) is 0.227. The summed E-state index contributed by atoms with van der Waals surface area (Å²) in [6, 6.07) is 15.2. The molecule has 3 heterocycles. The molecule has 0 radical (unpaired) electrons. The molecule has 0 N–H and O–H groups in total. The third-order valence-electron chi connectivity index (χ3n) is 5.50. The molecule has 0 bridgehead atoms. The van der Waals surface area contributed by atoms with Gasteiger partial charge in [0.25, 0.3) is 5.56 Å². The number of tetrazole rings is 1. The molecule has 0 amide bonds. The maximum Gasteiger partial charge on any atom is 0.292 e. The summed E-state index contributed by atoms with van der Waals surface area (Å²) >= 11 is 6.43. The van der Waals surface area contributed by atoms with Gasteiger partial charge in [0.05, 0.1) is 17.6 Å². The van der Waals surface area contributed by atoms with Crippen LogP contribution in [0.1, 0.15) is 0 Å². The van der Waals surface area contributed by atoms with Gasteiger partial charge in [-0.05, 0) is 41.6 Å². The van der Waals surface area contributed by atoms with Crippen molar-refractivity contribution in [2.24, 2.45) is 0 Å². The number of benzene rings is 2. The fourth-order valence-electron chi connectivity index (χ4n) is 3.72. The van der Waals surface area contributed by atoms with Crippen molar-refractivity contribution in [3.05, 3.63) is 82.0 Å². The Morgan fingerprint density at radius 1 is 0.970 bits per heavy atom. The fourth-order valence-corrected chi connectivity index (χ4v) is 3.97. The van der Waals surface area contributed by atoms with Gasteiger partial charge in [0.2, 0.25) is 5.82 Å². The molecule has 5 rings (SSSR count). The molecular weight excluding hydrogens is 447 g/mol. The van der Waals surface area contributed by atoms with Crippen molar-refractivity contribution in [2.45, 2.75) is 6.67 Å². The van der Waals surface area contributed by atoms with Crippen LogP contribution in [0.2, 0.25) is 5.02 Å². The van der Waals surface area contributed by atoms with E-state index in [1.54, 1.807) is 18.3 Å². The number of anilines is 1. The Morgan fingerprint density at radius 2 is 1.70 bits per heavy atom. The third kappa shape index (κ3) is 4.48. The van der Waals surface area contributed by atoms with Crippen LogP contribution in [0.4, 0.5) is 10.1 Å². The standard InChI is InChI=1S/C22H20ClFN8O/c23-20-19(14-25-32(22(20)33)18-4-2-1-3-5-18)30-12-10-29(11-13-30)15-31-27-21(26-28-31)16-6-8-17(24)9-7-16/h1-9,14H,10-13,15H2. The molecule has 0 spiro atoms. The maximum absolute atomic E-state index is 13.1. The molecule has 0 atom stereocenters. The average molecular weight is 467 g/mol. The van der Waals surface area contributed by atoms with E-state index < -0.39 is 0 Å². The van der Waals surface area contributed by atoms with Crippen molar-refractivity contribution >= 4 is 17.3 Å². The second kappa shape index (κ2) is 9.08. The van der Waals surface area contributed by atoms with Gasteiger partial charge in [0.1, 0.15) is 17.5 Å². The van der Waals surface area contributed by atoms with Gasteiger partial charge in [-0.15, -0.1) is 15.0 Å². The van der Waals surface area contributed by atoms with E-state index in [1.807, 2.05) is 30.3 Å². The summed E-state index contributed by atoms with van der Waals surface area (Å²) in [4.78, 5) is 18.5. The summed E-state index contributed by atoms with van der Waals surface area (Å²) in [5.74, 6) is 0.141. The normalized spacial score (nSPS) is 14.5. The first-order valence-corrected chi connectivity index (χ1v) is 10.8. The van der Waals surface area contributed by atoms with Gasteiger partial charge < -0.3 is 4.90 Å². The molecule has 1 aliphatic heterocycles. The summed E-state index contributed by atoms with van der Waals surface area (Å²) in [5, 5.41) is 17.0. The average Bonchev–Trinajstić information content (AvgIpc) is 3.31. The van der Waals surface area contributed by atoms with Gasteiger partial charge in [0.15, 0.2) is 0 Å². The number of para-hydroxylation sites is 1. The van der Waals surface area contributed by atoms with Crippen molar-refractivity contribution in [1.29, 1.82) is 0 Å². The number of nitrogens with zero attached hydrogens (tertiary/aromatic N) is 8. The van der Waals surface area contributed by atoms with E-state index in [0.717, 1.165) is 13.1 Å². The summed E-state index contributed by atoms with van der Waals surface area (Å²) in [5.41, 5.74) is 1.66. The van der Waals surface area contributed by atoms with Crippen LogP contribution in [-0.4, -0.2) is 61.1 Å². The second-order valence-corrected chi connectivity index (χ2v) is 8.01. The van der Waals surface area contributed by atoms with E-state index in [9.17, 15) is 9.18 Å². The quantitative estimate of drug-likeness (QED) is 0.446. The van der Waals surface area contributed by atoms with E-state index in [1.165, 1.54) is 21.6 Å². The van der Waals surface area contributed by atoms with Crippen molar-refractivity contribution in [1.82, 2.24) is 34.9 Å². The number of hydrogen-bond donors (Lipinski definition) is 0. The number of piperazine rings is 1. The van der Waals surface area contributed by atoms with Crippen LogP contribution in [0.15, 0.2) is 65.6 Å². The topological polar surface area (TPSA) is 85.0 Å². The monoisotopic (exact) mass is 466 g/mol. The molecule has 168 valence electrons. The van der Waals surface area contributed by atoms with Gasteiger partial charge in [-0.1, -0.05) is 29.8 Å². The van der Waals surface area contributed by atoms with Crippen LogP contribution < -0.4 is 10.5 Å². The van der Waals surface area contributed by atoms with Crippen LogP contribution in [0.3, 0.4) is 0 Å². The molecule has 0 unspecified atom stereocenters. The molecule has 2 aromatic carbocycles. The van der Waals surface area contributed by atoms with Crippen LogP contribution >= 0.6 is 11.6 Å². The second-order valence-electron chi connectivity index (χ2n) is 7.64. The Kier molecular flexibility index (Phi) is 5.84. The molecule has 0 aliphatic carbocycles. The first-order valence-electron chi connectivity index (χ1n) is 10.4. The largest absolute Gasteiger partial charge is 0.366 e. The first-order chi connectivity index (χ1) is 16.1. The maximum atomic E-state index is 13.1. The smallest absolute Gasteiger partial charge is 0.292 e. The molecular formula is C22H20ClFN8O. The molecule has 9 nitrogen and oxygen atoms in total. The lowest BCUT2D eigenvalue weighted by Crippen LogP contribution is -2.47. The van der Waals surface area contributed by atoms with E-state index in [2.05, 4.69) is 30.3 Å². The molecule has 33 heavy (non-hydrogen) atoms. The Balaban J connectivity index is 1.23. The van der Waals surface area contributed by atoms with Crippen LogP contribution in [0.25, 0.3) is 17.1 Å². The van der Waals surface area contributed by atoms with E-state index >= 15 is 0 Å². The molecule has 1 fully saturated rings. The van der Waals surface area contributed by atoms with Gasteiger partial charge in [0, 0.05) is 31.7 Å². The lowest BCUT2D eigenvalue weighted by atomic mass is 10.2. The highest BCUT2D eigenvalue weighted by Gasteiger charge is 2.22. The SMILES string of the molecule is O=c1c(Cl)c(N2CCN(Cn3nnc(-c4ccc(F)cc4)n3)CC2)cnn1-c1ccccc1. The van der Waals surface area contributed by atoms with Gasteiger partial charge in [-0.3, -0.25) is 9.69 Å². The van der Waals surface area contributed by atoms with E-state index in [-0.39, 0.29) is 16.4 Å². The minimum Gasteiger partial charge on any atom is -0.366 e. The Labute approximate surface area is 193 Å². The zero-order chi connectivity index (χ0) is 22.8. The molecule has 11 heteroatoms. The van der Waals surface area contributed by atoms with Gasteiger partial charge in [-0.25, -0.2) is 4.39 Å². The molecule has 0 saturated carbocycles. The molecule has 1 saturated heterocycles. The Bertz CT molecular complexity index is 1300. The minimum absolute atomic E-state index is 0.157. The lowest BCUT2D eigenvalue weighted by molar-refractivity contribution is 0.182. The Morgan fingerprint density at radius 3 is 2.42 bits per heavy atom. The predicted molar refractivity (Wildman–Crippen MR) is 122 cm³/mol. The van der Waals surface area contributed by atoms with Crippen LogP contribution in [-0.2, 0) is 6.67 Å². The van der Waals surface area contributed by atoms with Gasteiger partial charge in [-0.2, -0.15) is 9.78 Å². The lowest BCUT2D eigenvalue weighted by Gasteiger charge is -2.35. The zero-order valence-electron chi connectivity index (χ0n) is 17.6. The molecule has 2 aromatic heterocycles. The summed E-state index contributed by atoms with van der Waals surface area (Å²) < 4.78 is 14.4. The number of rotatable bonds is 5. The van der Waals surface area contributed by atoms with Crippen molar-refractivity contribution in [3.63, 3.8) is 0 Å². The van der Waals surface area contributed by atoms with E-state index in [0.29, 0.717) is 42.5 Å². The van der Waals surface area contributed by atoms with Crippen molar-refractivity contribution in [2.75, 3.05) is 31.1 Å². The number of halogens is 2. The highest BCUT2D eigenvalue weighted by Crippen LogP contribution is 2.23. The third-order valence-corrected chi connectivity index (χ3v) is 5.85.